The van der Waals surface area contributed by atoms with Crippen LogP contribution < -0.4 is 10.0 Å². The molecule has 0 saturated heterocycles. The molecule has 30 heavy (non-hydrogen) atoms. The van der Waals surface area contributed by atoms with E-state index in [0.717, 1.165) is 11.3 Å². The number of ketones is 2. The molecule has 0 bridgehead atoms. The number of carbonyl (C=O) groups is 2. The monoisotopic (exact) mass is 461 g/mol. The Morgan fingerprint density at radius 1 is 1.03 bits per heavy atom. The number of carbonyl (C=O) groups excluding carboxylic acids is 2. The molecule has 0 aliphatic heterocycles. The van der Waals surface area contributed by atoms with Gasteiger partial charge >= 0.3 is 0 Å². The highest BCUT2D eigenvalue weighted by Gasteiger charge is 2.32. The molecule has 1 aromatic carbocycles. The zero-order chi connectivity index (χ0) is 21.5. The molecule has 0 saturated carbocycles. The third-order valence-electron chi connectivity index (χ3n) is 4.09. The molecule has 2 N–H and O–H groups in total. The summed E-state index contributed by atoms with van der Waals surface area (Å²) < 4.78 is 27.3. The molecule has 1 aliphatic rings. The van der Waals surface area contributed by atoms with Crippen molar-refractivity contribution < 1.29 is 18.0 Å². The third-order valence-corrected chi connectivity index (χ3v) is 6.69. The number of fused-ring (bicyclic) bond motifs is 1. The maximum atomic E-state index is 12.7. The first-order valence-corrected chi connectivity index (χ1v) is 11.1. The third kappa shape index (κ3) is 3.70. The number of halogens is 1. The molecule has 152 valence electrons. The van der Waals surface area contributed by atoms with Crippen LogP contribution in [0.15, 0.2) is 58.2 Å². The van der Waals surface area contributed by atoms with Crippen LogP contribution in [0.4, 0.5) is 10.8 Å². The SMILES string of the molecule is Cc1nnc(NS(=O)(=O)c2ccc(NC3=C(Cl)C(=O)c4ncccc4C3=O)cc2)s1. The van der Waals surface area contributed by atoms with Crippen molar-refractivity contribution in [3.05, 3.63) is 69.6 Å². The van der Waals surface area contributed by atoms with Crippen molar-refractivity contribution in [2.75, 3.05) is 10.0 Å². The molecule has 0 atom stereocenters. The minimum Gasteiger partial charge on any atom is -0.351 e. The molecular weight excluding hydrogens is 450 g/mol. The smallest absolute Gasteiger partial charge is 0.263 e. The van der Waals surface area contributed by atoms with E-state index in [9.17, 15) is 18.0 Å². The van der Waals surface area contributed by atoms with Crippen molar-refractivity contribution >= 4 is 55.3 Å². The van der Waals surface area contributed by atoms with Gasteiger partial charge in [-0.25, -0.2) is 8.42 Å². The molecule has 3 aromatic rings. The Labute approximate surface area is 179 Å². The van der Waals surface area contributed by atoms with Crippen LogP contribution in [0.5, 0.6) is 0 Å². The fourth-order valence-electron chi connectivity index (χ4n) is 2.71. The summed E-state index contributed by atoms with van der Waals surface area (Å²) in [5, 5.41) is 10.8. The van der Waals surface area contributed by atoms with E-state index >= 15 is 0 Å². The summed E-state index contributed by atoms with van der Waals surface area (Å²) in [7, 11) is -3.86. The number of anilines is 2. The maximum absolute atomic E-state index is 12.7. The van der Waals surface area contributed by atoms with E-state index in [2.05, 4.69) is 25.2 Å². The number of Topliss-reactive ketones (excluding diaryl/α,β-unsaturated/α-hetero) is 2. The fraction of sp³-hybridized carbons (Fsp3) is 0.0556. The Morgan fingerprint density at radius 3 is 2.43 bits per heavy atom. The van der Waals surface area contributed by atoms with E-state index in [0.29, 0.717) is 10.7 Å². The lowest BCUT2D eigenvalue weighted by Gasteiger charge is -2.18. The topological polar surface area (TPSA) is 131 Å². The van der Waals surface area contributed by atoms with E-state index in [1.54, 1.807) is 13.0 Å². The van der Waals surface area contributed by atoms with Gasteiger partial charge in [-0.2, -0.15) is 0 Å². The van der Waals surface area contributed by atoms with Gasteiger partial charge in [0.15, 0.2) is 0 Å². The Bertz CT molecular complexity index is 1320. The van der Waals surface area contributed by atoms with Gasteiger partial charge in [0.2, 0.25) is 16.7 Å². The lowest BCUT2D eigenvalue weighted by molar-refractivity contribution is 0.0978. The highest BCUT2D eigenvalue weighted by atomic mass is 35.5. The standard InChI is InChI=1S/C18H12ClN5O4S2/c1-9-22-23-18(29-9)24-30(27,28)11-6-4-10(5-7-11)21-15-13(19)17(26)14-12(16(15)25)3-2-8-20-14/h2-8,21H,1H3,(H,23,24). The lowest BCUT2D eigenvalue weighted by Crippen LogP contribution is -2.25. The molecule has 9 nitrogen and oxygen atoms in total. The summed E-state index contributed by atoms with van der Waals surface area (Å²) in [4.78, 5) is 29.0. The molecule has 0 spiro atoms. The molecule has 4 rings (SSSR count). The maximum Gasteiger partial charge on any atom is 0.263 e. The molecule has 0 fully saturated rings. The number of aryl methyl sites for hydroxylation is 1. The zero-order valence-corrected chi connectivity index (χ0v) is 17.6. The number of benzene rings is 1. The molecule has 12 heteroatoms. The van der Waals surface area contributed by atoms with E-state index in [4.69, 9.17) is 11.6 Å². The summed E-state index contributed by atoms with van der Waals surface area (Å²) in [6, 6.07) is 8.63. The highest BCUT2D eigenvalue weighted by molar-refractivity contribution is 7.93. The number of hydrogen-bond donors (Lipinski definition) is 2. The average molecular weight is 462 g/mol. The number of aromatic nitrogens is 3. The van der Waals surface area contributed by atoms with Crippen molar-refractivity contribution in [2.45, 2.75) is 11.8 Å². The van der Waals surface area contributed by atoms with Gasteiger partial charge in [0.05, 0.1) is 10.5 Å². The Hall–Kier alpha value is -3.15. The normalized spacial score (nSPS) is 13.9. The van der Waals surface area contributed by atoms with Crippen molar-refractivity contribution in [1.29, 1.82) is 0 Å². The van der Waals surface area contributed by atoms with Crippen molar-refractivity contribution in [1.82, 2.24) is 15.2 Å². The molecule has 0 radical (unpaired) electrons. The summed E-state index contributed by atoms with van der Waals surface area (Å²) in [6.45, 7) is 1.71. The average Bonchev–Trinajstić information content (AvgIpc) is 3.13. The van der Waals surface area contributed by atoms with Crippen LogP contribution in [0.2, 0.25) is 0 Å². The quantitative estimate of drug-likeness (QED) is 0.592. The van der Waals surface area contributed by atoms with E-state index in [-0.39, 0.29) is 32.0 Å². The lowest BCUT2D eigenvalue weighted by atomic mass is 9.97. The number of nitrogens with one attached hydrogen (secondary N) is 2. The van der Waals surface area contributed by atoms with Crippen molar-refractivity contribution in [3.63, 3.8) is 0 Å². The van der Waals surface area contributed by atoms with Crippen LogP contribution in [0.25, 0.3) is 0 Å². The van der Waals surface area contributed by atoms with Gasteiger partial charge in [0.1, 0.15) is 21.4 Å². The predicted molar refractivity (Wildman–Crippen MR) is 111 cm³/mol. The van der Waals surface area contributed by atoms with Crippen LogP contribution in [-0.4, -0.2) is 35.2 Å². The first-order valence-electron chi connectivity index (χ1n) is 8.40. The van der Waals surface area contributed by atoms with Crippen LogP contribution in [0.1, 0.15) is 25.9 Å². The Morgan fingerprint density at radius 2 is 1.77 bits per heavy atom. The highest BCUT2D eigenvalue weighted by Crippen LogP contribution is 2.29. The summed E-state index contributed by atoms with van der Waals surface area (Å²) in [5.74, 6) is -1.04. The number of sulfonamides is 1. The molecule has 0 unspecified atom stereocenters. The second-order valence-electron chi connectivity index (χ2n) is 6.13. The van der Waals surface area contributed by atoms with Crippen molar-refractivity contribution in [2.24, 2.45) is 0 Å². The molecule has 2 heterocycles. The van der Waals surface area contributed by atoms with E-state index < -0.39 is 21.6 Å². The van der Waals surface area contributed by atoms with Gasteiger partial charge in [0.25, 0.3) is 10.0 Å². The minimum atomic E-state index is -3.86. The second kappa shape index (κ2) is 7.59. The molecule has 2 aromatic heterocycles. The predicted octanol–water partition coefficient (Wildman–Crippen LogP) is 2.98. The Balaban J connectivity index is 1.57. The summed E-state index contributed by atoms with van der Waals surface area (Å²) >= 11 is 7.20. The summed E-state index contributed by atoms with van der Waals surface area (Å²) in [6.07, 6.45) is 1.41. The first kappa shape index (κ1) is 20.1. The van der Waals surface area contributed by atoms with Gasteiger partial charge < -0.3 is 5.32 Å². The van der Waals surface area contributed by atoms with Gasteiger partial charge in [-0.15, -0.1) is 10.2 Å². The molecular formula is C18H12ClN5O4S2. The van der Waals surface area contributed by atoms with Gasteiger partial charge in [0, 0.05) is 11.9 Å². The molecule has 1 aliphatic carbocycles. The zero-order valence-electron chi connectivity index (χ0n) is 15.2. The fourth-order valence-corrected chi connectivity index (χ4v) is 4.75. The minimum absolute atomic E-state index is 0.00233. The van der Waals surface area contributed by atoms with E-state index in [1.807, 2.05) is 0 Å². The number of allylic oxidation sites excluding steroid dienone is 2. The van der Waals surface area contributed by atoms with Crippen LogP contribution >= 0.6 is 22.9 Å². The number of hydrogen-bond acceptors (Lipinski definition) is 9. The number of rotatable bonds is 5. The summed E-state index contributed by atoms with van der Waals surface area (Å²) in [5.41, 5.74) is 0.421. The van der Waals surface area contributed by atoms with Gasteiger partial charge in [-0.3, -0.25) is 19.3 Å². The van der Waals surface area contributed by atoms with Crippen LogP contribution in [-0.2, 0) is 10.0 Å². The number of pyridine rings is 1. The van der Waals surface area contributed by atoms with Gasteiger partial charge in [-0.05, 0) is 43.3 Å². The largest absolute Gasteiger partial charge is 0.351 e. The van der Waals surface area contributed by atoms with Crippen molar-refractivity contribution in [3.8, 4) is 0 Å². The van der Waals surface area contributed by atoms with Crippen LogP contribution in [0, 0.1) is 6.92 Å². The second-order valence-corrected chi connectivity index (χ2v) is 9.37. The van der Waals surface area contributed by atoms with Gasteiger partial charge in [-0.1, -0.05) is 22.9 Å². The number of nitrogens with zero attached hydrogens (tertiary/aromatic N) is 3. The first-order chi connectivity index (χ1) is 14.3. The Kier molecular flexibility index (Phi) is 5.10. The molecule has 0 amide bonds. The van der Waals surface area contributed by atoms with Crippen LogP contribution in [0.3, 0.4) is 0 Å². The van der Waals surface area contributed by atoms with E-state index in [1.165, 1.54) is 36.5 Å².